The predicted molar refractivity (Wildman–Crippen MR) is 66.6 cm³/mol. The van der Waals surface area contributed by atoms with Crippen LogP contribution in [0, 0.1) is 0 Å². The van der Waals surface area contributed by atoms with E-state index in [4.69, 9.17) is 0 Å². The molecule has 5 heteroatoms. The zero-order valence-electron chi connectivity index (χ0n) is 7.12. The normalized spacial score (nSPS) is 15.2. The average Bonchev–Trinajstić information content (AvgIpc) is 2.16. The van der Waals surface area contributed by atoms with Crippen molar-refractivity contribution in [3.63, 3.8) is 0 Å². The minimum atomic E-state index is -0.903. The first-order valence-electron chi connectivity index (χ1n) is 3.94. The van der Waals surface area contributed by atoms with E-state index in [0.717, 1.165) is 8.95 Å². The maximum atomic E-state index is 9.81. The Morgan fingerprint density at radius 3 is 2.07 bits per heavy atom. The SMILES string of the molecule is OC(CBr)C(O)c1c(Br)cccc1Br. The topological polar surface area (TPSA) is 40.5 Å². The lowest BCUT2D eigenvalue weighted by atomic mass is 10.1. The predicted octanol–water partition coefficient (Wildman–Crippen LogP) is 3.00. The van der Waals surface area contributed by atoms with Crippen LogP contribution in [0.1, 0.15) is 11.7 Å². The Morgan fingerprint density at radius 1 is 1.14 bits per heavy atom. The number of rotatable bonds is 3. The quantitative estimate of drug-likeness (QED) is 0.781. The van der Waals surface area contributed by atoms with Crippen molar-refractivity contribution in [3.05, 3.63) is 32.7 Å². The summed E-state index contributed by atoms with van der Waals surface area (Å²) in [6.45, 7) is 0. The molecule has 1 aromatic carbocycles. The van der Waals surface area contributed by atoms with Crippen LogP contribution in [0.25, 0.3) is 0 Å². The van der Waals surface area contributed by atoms with Crippen LogP contribution in [0.15, 0.2) is 27.1 Å². The molecule has 0 saturated heterocycles. The molecule has 2 atom stereocenters. The summed E-state index contributed by atoms with van der Waals surface area (Å²) in [7, 11) is 0. The molecule has 1 rings (SSSR count). The van der Waals surface area contributed by atoms with Gasteiger partial charge in [0.25, 0.3) is 0 Å². The van der Waals surface area contributed by atoms with Crippen LogP contribution < -0.4 is 0 Å². The van der Waals surface area contributed by atoms with Gasteiger partial charge >= 0.3 is 0 Å². The van der Waals surface area contributed by atoms with Crippen molar-refractivity contribution < 1.29 is 10.2 Å². The summed E-state index contributed by atoms with van der Waals surface area (Å²) in [4.78, 5) is 0. The van der Waals surface area contributed by atoms with Gasteiger partial charge < -0.3 is 10.2 Å². The van der Waals surface area contributed by atoms with E-state index in [1.165, 1.54) is 0 Å². The first kappa shape index (κ1) is 12.6. The zero-order chi connectivity index (χ0) is 10.7. The molecule has 2 nitrogen and oxygen atoms in total. The summed E-state index contributed by atoms with van der Waals surface area (Å²) in [6.07, 6.45) is -1.72. The summed E-state index contributed by atoms with van der Waals surface area (Å²) in [5.74, 6) is 0. The minimum absolute atomic E-state index is 0.335. The van der Waals surface area contributed by atoms with Crippen molar-refractivity contribution in [2.24, 2.45) is 0 Å². The van der Waals surface area contributed by atoms with Crippen LogP contribution in [-0.2, 0) is 0 Å². The molecule has 1 aromatic rings. The maximum absolute atomic E-state index is 9.81. The molecule has 0 spiro atoms. The van der Waals surface area contributed by atoms with Gasteiger partial charge in [0.05, 0.1) is 6.10 Å². The third-order valence-electron chi connectivity index (χ3n) is 1.82. The second-order valence-electron chi connectivity index (χ2n) is 2.80. The first-order valence-corrected chi connectivity index (χ1v) is 6.64. The third-order valence-corrected chi connectivity index (χ3v) is 3.86. The van der Waals surface area contributed by atoms with E-state index in [9.17, 15) is 10.2 Å². The highest BCUT2D eigenvalue weighted by Gasteiger charge is 2.21. The van der Waals surface area contributed by atoms with Gasteiger partial charge in [-0.2, -0.15) is 0 Å². The summed E-state index contributed by atoms with van der Waals surface area (Å²) < 4.78 is 1.55. The minimum Gasteiger partial charge on any atom is -0.389 e. The van der Waals surface area contributed by atoms with Gasteiger partial charge in [0, 0.05) is 19.8 Å². The second kappa shape index (κ2) is 5.61. The number of aliphatic hydroxyl groups excluding tert-OH is 2. The van der Waals surface area contributed by atoms with Gasteiger partial charge in [-0.3, -0.25) is 0 Å². The van der Waals surface area contributed by atoms with E-state index in [1.54, 1.807) is 0 Å². The lowest BCUT2D eigenvalue weighted by molar-refractivity contribution is 0.0334. The number of aliphatic hydroxyl groups is 2. The van der Waals surface area contributed by atoms with Crippen LogP contribution in [0.4, 0.5) is 0 Å². The van der Waals surface area contributed by atoms with Gasteiger partial charge in [0.2, 0.25) is 0 Å². The molecule has 0 saturated carbocycles. The van der Waals surface area contributed by atoms with Crippen molar-refractivity contribution >= 4 is 47.8 Å². The van der Waals surface area contributed by atoms with Crippen LogP contribution in [-0.4, -0.2) is 21.6 Å². The van der Waals surface area contributed by atoms with E-state index in [0.29, 0.717) is 10.9 Å². The molecule has 0 aliphatic heterocycles. The molecule has 0 bridgehead atoms. The molecule has 0 aliphatic rings. The van der Waals surface area contributed by atoms with Gasteiger partial charge in [-0.1, -0.05) is 53.9 Å². The van der Waals surface area contributed by atoms with Crippen molar-refractivity contribution in [2.75, 3.05) is 5.33 Å². The lowest BCUT2D eigenvalue weighted by Crippen LogP contribution is -2.20. The maximum Gasteiger partial charge on any atom is 0.108 e. The highest BCUT2D eigenvalue weighted by molar-refractivity contribution is 9.11. The van der Waals surface area contributed by atoms with Crippen molar-refractivity contribution in [1.82, 2.24) is 0 Å². The fourth-order valence-electron chi connectivity index (χ4n) is 1.07. The average molecular weight is 389 g/mol. The van der Waals surface area contributed by atoms with Gasteiger partial charge in [-0.25, -0.2) is 0 Å². The highest BCUT2D eigenvalue weighted by atomic mass is 79.9. The Balaban J connectivity index is 3.05. The molecule has 14 heavy (non-hydrogen) atoms. The van der Waals surface area contributed by atoms with E-state index in [-0.39, 0.29) is 0 Å². The molecule has 0 aliphatic carbocycles. The number of halogens is 3. The Hall–Kier alpha value is 0.580. The Morgan fingerprint density at radius 2 is 1.64 bits per heavy atom. The standard InChI is InChI=1S/C9H9Br3O2/c10-4-7(13)9(14)8-5(11)2-1-3-6(8)12/h1-3,7,9,13-14H,4H2. The van der Waals surface area contributed by atoms with Gasteiger partial charge in [-0.05, 0) is 12.1 Å². The summed E-state index contributed by atoms with van der Waals surface area (Å²) in [6, 6.07) is 5.50. The smallest absolute Gasteiger partial charge is 0.108 e. The number of alkyl halides is 1. The highest BCUT2D eigenvalue weighted by Crippen LogP contribution is 2.32. The van der Waals surface area contributed by atoms with Crippen molar-refractivity contribution in [3.8, 4) is 0 Å². The molecule has 0 fully saturated rings. The first-order chi connectivity index (χ1) is 6.57. The van der Waals surface area contributed by atoms with E-state index >= 15 is 0 Å². The summed E-state index contributed by atoms with van der Waals surface area (Å²) in [5, 5.41) is 19.6. The summed E-state index contributed by atoms with van der Waals surface area (Å²) in [5.41, 5.74) is 0.666. The lowest BCUT2D eigenvalue weighted by Gasteiger charge is -2.18. The zero-order valence-corrected chi connectivity index (χ0v) is 11.9. The second-order valence-corrected chi connectivity index (χ2v) is 5.16. The Kier molecular flexibility index (Phi) is 5.06. The van der Waals surface area contributed by atoms with E-state index < -0.39 is 12.2 Å². The van der Waals surface area contributed by atoms with Crippen LogP contribution >= 0.6 is 47.8 Å². The van der Waals surface area contributed by atoms with Gasteiger partial charge in [0.15, 0.2) is 0 Å². The molecule has 78 valence electrons. The largest absolute Gasteiger partial charge is 0.389 e. The van der Waals surface area contributed by atoms with Crippen molar-refractivity contribution in [1.29, 1.82) is 0 Å². The molecular formula is C9H9Br3O2. The van der Waals surface area contributed by atoms with Crippen molar-refractivity contribution in [2.45, 2.75) is 12.2 Å². The fraction of sp³-hybridized carbons (Fsp3) is 0.333. The molecule has 2 N–H and O–H groups in total. The summed E-state index contributed by atoms with van der Waals surface area (Å²) >= 11 is 9.78. The van der Waals surface area contributed by atoms with E-state index in [1.807, 2.05) is 18.2 Å². The van der Waals surface area contributed by atoms with Crippen LogP contribution in [0.3, 0.4) is 0 Å². The van der Waals surface area contributed by atoms with Crippen LogP contribution in [0.5, 0.6) is 0 Å². The number of hydrogen-bond acceptors (Lipinski definition) is 2. The molecule has 0 heterocycles. The molecular weight excluding hydrogens is 380 g/mol. The van der Waals surface area contributed by atoms with Gasteiger partial charge in [-0.15, -0.1) is 0 Å². The molecule has 0 radical (unpaired) electrons. The van der Waals surface area contributed by atoms with E-state index in [2.05, 4.69) is 47.8 Å². The van der Waals surface area contributed by atoms with Gasteiger partial charge in [0.1, 0.15) is 6.10 Å². The monoisotopic (exact) mass is 386 g/mol. The third kappa shape index (κ3) is 2.79. The molecule has 0 amide bonds. The Labute approximate surface area is 108 Å². The molecule has 0 aromatic heterocycles. The number of hydrogen-bond donors (Lipinski definition) is 2. The Bertz CT molecular complexity index is 297. The number of benzene rings is 1. The van der Waals surface area contributed by atoms with Crippen LogP contribution in [0.2, 0.25) is 0 Å². The fourth-order valence-corrected chi connectivity index (χ4v) is 2.89. The molecule has 2 unspecified atom stereocenters.